The van der Waals surface area contributed by atoms with Gasteiger partial charge in [-0.1, -0.05) is 29.8 Å². The van der Waals surface area contributed by atoms with Crippen molar-refractivity contribution in [2.24, 2.45) is 5.73 Å². The largest absolute Gasteiger partial charge is 0.329 e. The zero-order valence-electron chi connectivity index (χ0n) is 12.1. The highest BCUT2D eigenvalue weighted by molar-refractivity contribution is 6.03. The monoisotopic (exact) mass is 275 g/mol. The summed E-state index contributed by atoms with van der Waals surface area (Å²) in [5.41, 5.74) is 7.33. The third-order valence-electron chi connectivity index (χ3n) is 3.90. The van der Waals surface area contributed by atoms with Gasteiger partial charge in [0, 0.05) is 12.6 Å². The zero-order valence-corrected chi connectivity index (χ0v) is 12.1. The summed E-state index contributed by atoms with van der Waals surface area (Å²) in [5, 5.41) is 2.38. The number of nitrogens with two attached hydrogens (primary N) is 1. The molecule has 0 aliphatic carbocycles. The predicted molar refractivity (Wildman–Crippen MR) is 76.9 cm³/mol. The highest BCUT2D eigenvalue weighted by atomic mass is 16.2. The van der Waals surface area contributed by atoms with Crippen LogP contribution in [0.25, 0.3) is 0 Å². The minimum Gasteiger partial charge on any atom is -0.329 e. The summed E-state index contributed by atoms with van der Waals surface area (Å²) in [4.78, 5) is 25.6. The number of hydrogen-bond donors (Lipinski definition) is 2. The first-order valence-corrected chi connectivity index (χ1v) is 6.74. The summed E-state index contributed by atoms with van der Waals surface area (Å²) >= 11 is 0. The molecule has 3 N–H and O–H groups in total. The normalized spacial score (nSPS) is 20.6. The summed E-state index contributed by atoms with van der Waals surface area (Å²) in [6, 6.07) is 7.87. The van der Waals surface area contributed by atoms with Gasteiger partial charge in [0.25, 0.3) is 0 Å². The lowest BCUT2D eigenvalue weighted by Crippen LogP contribution is -2.65. The van der Waals surface area contributed by atoms with E-state index in [0.29, 0.717) is 6.54 Å². The fourth-order valence-electron chi connectivity index (χ4n) is 2.53. The van der Waals surface area contributed by atoms with Crippen molar-refractivity contribution >= 4 is 11.8 Å². The van der Waals surface area contributed by atoms with E-state index in [0.717, 1.165) is 11.1 Å². The van der Waals surface area contributed by atoms with Gasteiger partial charge in [-0.05, 0) is 26.3 Å². The summed E-state index contributed by atoms with van der Waals surface area (Å²) in [5.74, 6) is -0.556. The molecule has 1 aromatic rings. The van der Waals surface area contributed by atoms with Crippen molar-refractivity contribution in [1.29, 1.82) is 0 Å². The number of carbonyl (C=O) groups excluding carboxylic acids is 2. The van der Waals surface area contributed by atoms with Gasteiger partial charge in [0.05, 0.1) is 12.1 Å². The van der Waals surface area contributed by atoms with Gasteiger partial charge in [-0.2, -0.15) is 0 Å². The molecule has 5 heteroatoms. The second kappa shape index (κ2) is 5.34. The number of carbonyl (C=O) groups is 2. The van der Waals surface area contributed by atoms with E-state index in [9.17, 15) is 9.59 Å². The van der Waals surface area contributed by atoms with E-state index < -0.39 is 5.54 Å². The number of benzene rings is 1. The molecule has 0 bridgehead atoms. The quantitative estimate of drug-likeness (QED) is 0.798. The molecule has 1 fully saturated rings. The second-order valence-corrected chi connectivity index (χ2v) is 5.73. The number of amides is 2. The molecule has 0 radical (unpaired) electrons. The van der Waals surface area contributed by atoms with E-state index in [4.69, 9.17) is 5.73 Å². The first kappa shape index (κ1) is 14.7. The molecule has 1 unspecified atom stereocenters. The van der Waals surface area contributed by atoms with Crippen molar-refractivity contribution in [3.63, 3.8) is 0 Å². The Kier molecular flexibility index (Phi) is 3.92. The van der Waals surface area contributed by atoms with Gasteiger partial charge in [-0.15, -0.1) is 0 Å². The zero-order chi connectivity index (χ0) is 14.9. The minimum absolute atomic E-state index is 0.152. The summed E-state index contributed by atoms with van der Waals surface area (Å²) in [6.07, 6.45) is 0. The molecular formula is C15H21N3O2. The van der Waals surface area contributed by atoms with E-state index in [1.165, 1.54) is 0 Å². The third kappa shape index (κ3) is 2.59. The Balaban J connectivity index is 2.36. The summed E-state index contributed by atoms with van der Waals surface area (Å²) in [6.45, 7) is 6.17. The fourth-order valence-corrected chi connectivity index (χ4v) is 2.53. The topological polar surface area (TPSA) is 75.4 Å². The maximum Gasteiger partial charge on any atom is 0.246 e. The Labute approximate surface area is 119 Å². The molecule has 1 atom stereocenters. The smallest absolute Gasteiger partial charge is 0.246 e. The van der Waals surface area contributed by atoms with Gasteiger partial charge in [0.15, 0.2) is 0 Å². The van der Waals surface area contributed by atoms with Crippen molar-refractivity contribution in [2.75, 3.05) is 13.1 Å². The molecule has 0 saturated carbocycles. The van der Waals surface area contributed by atoms with Gasteiger partial charge in [0.1, 0.15) is 0 Å². The van der Waals surface area contributed by atoms with Gasteiger partial charge < -0.3 is 5.73 Å². The number of rotatable bonds is 3. The molecule has 20 heavy (non-hydrogen) atoms. The van der Waals surface area contributed by atoms with Crippen LogP contribution in [-0.2, 0) is 9.59 Å². The van der Waals surface area contributed by atoms with Crippen molar-refractivity contribution in [2.45, 2.75) is 32.4 Å². The highest BCUT2D eigenvalue weighted by Crippen LogP contribution is 2.29. The van der Waals surface area contributed by atoms with Crippen LogP contribution in [0, 0.1) is 6.92 Å². The Morgan fingerprint density at radius 2 is 1.90 bits per heavy atom. The number of imide groups is 1. The van der Waals surface area contributed by atoms with Crippen molar-refractivity contribution in [1.82, 2.24) is 10.2 Å². The van der Waals surface area contributed by atoms with Crippen LogP contribution < -0.4 is 11.1 Å². The van der Waals surface area contributed by atoms with Gasteiger partial charge >= 0.3 is 0 Å². The van der Waals surface area contributed by atoms with Crippen LogP contribution in [0.4, 0.5) is 0 Å². The average molecular weight is 275 g/mol. The summed E-state index contributed by atoms with van der Waals surface area (Å²) < 4.78 is 0. The van der Waals surface area contributed by atoms with Gasteiger partial charge in [-0.3, -0.25) is 19.8 Å². The van der Waals surface area contributed by atoms with Crippen LogP contribution in [-0.4, -0.2) is 35.3 Å². The van der Waals surface area contributed by atoms with Crippen LogP contribution in [0.3, 0.4) is 0 Å². The van der Waals surface area contributed by atoms with Crippen LogP contribution in [0.2, 0.25) is 0 Å². The van der Waals surface area contributed by atoms with E-state index in [-0.39, 0.29) is 24.4 Å². The molecule has 108 valence electrons. The minimum atomic E-state index is -0.761. The lowest BCUT2D eigenvalue weighted by molar-refractivity contribution is -0.147. The molecule has 1 aromatic carbocycles. The standard InChI is InChI=1S/C15H21N3O2/c1-10-4-6-11(7-5-10)12(8-16)18-9-13(19)17-14(20)15(18,2)3/h4-7,12H,8-9,16H2,1-3H3,(H,17,19,20). The van der Waals surface area contributed by atoms with Crippen LogP contribution in [0.5, 0.6) is 0 Å². The molecule has 1 saturated heterocycles. The van der Waals surface area contributed by atoms with E-state index in [1.807, 2.05) is 49.9 Å². The number of piperazine rings is 1. The molecule has 1 aliphatic heterocycles. The number of hydrogen-bond acceptors (Lipinski definition) is 4. The molecule has 0 aromatic heterocycles. The SMILES string of the molecule is Cc1ccc(C(CN)N2CC(=O)NC(=O)C2(C)C)cc1. The first-order valence-electron chi connectivity index (χ1n) is 6.74. The van der Waals surface area contributed by atoms with Crippen molar-refractivity contribution in [3.05, 3.63) is 35.4 Å². The molecule has 5 nitrogen and oxygen atoms in total. The number of aryl methyl sites for hydroxylation is 1. The van der Waals surface area contributed by atoms with Crippen molar-refractivity contribution in [3.8, 4) is 0 Å². The number of nitrogens with zero attached hydrogens (tertiary/aromatic N) is 1. The fraction of sp³-hybridized carbons (Fsp3) is 0.467. The Morgan fingerprint density at radius 3 is 2.45 bits per heavy atom. The van der Waals surface area contributed by atoms with E-state index in [2.05, 4.69) is 5.32 Å². The molecular weight excluding hydrogens is 254 g/mol. The third-order valence-corrected chi connectivity index (χ3v) is 3.90. The predicted octanol–water partition coefficient (Wildman–Crippen LogP) is 0.732. The van der Waals surface area contributed by atoms with Crippen LogP contribution >= 0.6 is 0 Å². The van der Waals surface area contributed by atoms with Crippen LogP contribution in [0.1, 0.15) is 31.0 Å². The average Bonchev–Trinajstić information content (AvgIpc) is 2.38. The number of nitrogens with one attached hydrogen (secondary N) is 1. The van der Waals surface area contributed by atoms with E-state index >= 15 is 0 Å². The second-order valence-electron chi connectivity index (χ2n) is 5.73. The van der Waals surface area contributed by atoms with Gasteiger partial charge in [-0.25, -0.2) is 0 Å². The lowest BCUT2D eigenvalue weighted by atomic mass is 9.93. The Morgan fingerprint density at radius 1 is 1.30 bits per heavy atom. The maximum atomic E-state index is 12.0. The molecule has 1 heterocycles. The van der Waals surface area contributed by atoms with E-state index in [1.54, 1.807) is 0 Å². The van der Waals surface area contributed by atoms with Crippen molar-refractivity contribution < 1.29 is 9.59 Å². The Bertz CT molecular complexity index is 522. The molecule has 2 rings (SSSR count). The highest BCUT2D eigenvalue weighted by Gasteiger charge is 2.44. The molecule has 2 amide bonds. The first-order chi connectivity index (χ1) is 9.36. The summed E-state index contributed by atoms with van der Waals surface area (Å²) in [7, 11) is 0. The van der Waals surface area contributed by atoms with Crippen LogP contribution in [0.15, 0.2) is 24.3 Å². The molecule has 0 spiro atoms. The maximum absolute atomic E-state index is 12.0. The van der Waals surface area contributed by atoms with Gasteiger partial charge in [0.2, 0.25) is 11.8 Å². The molecule has 1 aliphatic rings. The lowest BCUT2D eigenvalue weighted by Gasteiger charge is -2.44. The Hall–Kier alpha value is -1.72.